The van der Waals surface area contributed by atoms with E-state index in [1.807, 2.05) is 0 Å². The van der Waals surface area contributed by atoms with Crippen LogP contribution in [-0.4, -0.2) is 66.5 Å². The molecule has 0 aromatic heterocycles. The van der Waals surface area contributed by atoms with Gasteiger partial charge in [-0.15, -0.1) is 0 Å². The van der Waals surface area contributed by atoms with E-state index in [-0.39, 0.29) is 25.9 Å². The second-order valence-corrected chi connectivity index (χ2v) is 20.1. The average molecular weight is 1030 g/mol. The van der Waals surface area contributed by atoms with Crippen molar-refractivity contribution in [3.05, 3.63) is 85.1 Å². The number of hydrogen-bond donors (Lipinski definition) is 2. The highest BCUT2D eigenvalue weighted by atomic mass is 31.2. The minimum Gasteiger partial charge on any atom is -0.462 e. The SMILES string of the molecule is CC/C=C\C/C=C\C/C=C\C/C=C\CCCCCCC(=O)OC(COC(=O)CCCCCCCCCCCCCCC)COP(=O)(O)OCC(CO)OC(=O)CCCCCCC/C=C\C/C=C\C/C=C\CC. The van der Waals surface area contributed by atoms with Crippen LogP contribution < -0.4 is 0 Å². The van der Waals surface area contributed by atoms with Crippen LogP contribution in [0, 0.1) is 0 Å². The van der Waals surface area contributed by atoms with Crippen LogP contribution in [0.25, 0.3) is 0 Å². The van der Waals surface area contributed by atoms with Gasteiger partial charge in [-0.1, -0.05) is 215 Å². The topological polar surface area (TPSA) is 155 Å². The van der Waals surface area contributed by atoms with Crippen LogP contribution in [0.2, 0.25) is 0 Å². The van der Waals surface area contributed by atoms with Crippen LogP contribution >= 0.6 is 7.82 Å². The number of rotatable bonds is 52. The molecule has 0 bridgehead atoms. The fourth-order valence-electron chi connectivity index (χ4n) is 7.54. The fourth-order valence-corrected chi connectivity index (χ4v) is 8.32. The molecule has 0 heterocycles. The zero-order valence-corrected chi connectivity index (χ0v) is 46.5. The Morgan fingerprint density at radius 3 is 1.11 bits per heavy atom. The third-order valence-corrected chi connectivity index (χ3v) is 12.8. The first-order valence-corrected chi connectivity index (χ1v) is 30.0. The van der Waals surface area contributed by atoms with Gasteiger partial charge in [0.1, 0.15) is 12.7 Å². The molecule has 3 atom stereocenters. The van der Waals surface area contributed by atoms with E-state index in [1.165, 1.54) is 57.8 Å². The van der Waals surface area contributed by atoms with E-state index in [2.05, 4.69) is 106 Å². The summed E-state index contributed by atoms with van der Waals surface area (Å²) < 4.78 is 39.5. The van der Waals surface area contributed by atoms with Gasteiger partial charge in [-0.25, -0.2) is 4.57 Å². The number of phosphoric acid groups is 1. The van der Waals surface area contributed by atoms with E-state index in [0.29, 0.717) is 19.3 Å². The van der Waals surface area contributed by atoms with E-state index in [0.717, 1.165) is 122 Å². The van der Waals surface area contributed by atoms with E-state index in [4.69, 9.17) is 23.3 Å². The van der Waals surface area contributed by atoms with Crippen LogP contribution in [0.1, 0.15) is 239 Å². The molecule has 3 unspecified atom stereocenters. The minimum atomic E-state index is -4.76. The first-order chi connectivity index (χ1) is 35.2. The van der Waals surface area contributed by atoms with Gasteiger partial charge in [0.25, 0.3) is 0 Å². The molecule has 0 aromatic carbocycles. The van der Waals surface area contributed by atoms with Crippen LogP contribution in [0.4, 0.5) is 0 Å². The molecule has 0 saturated carbocycles. The van der Waals surface area contributed by atoms with E-state index < -0.39 is 57.8 Å². The molecule has 72 heavy (non-hydrogen) atoms. The Bertz CT molecular complexity index is 1530. The number of aliphatic hydroxyl groups is 1. The van der Waals surface area contributed by atoms with Crippen molar-refractivity contribution in [2.24, 2.45) is 0 Å². The maximum Gasteiger partial charge on any atom is 0.472 e. The molecule has 0 aromatic rings. The number of carbonyl (C=O) groups is 3. The Labute approximate surface area is 439 Å². The molecular formula is C60H103O11P. The van der Waals surface area contributed by atoms with Gasteiger partial charge in [0.15, 0.2) is 6.10 Å². The molecular weight excluding hydrogens is 928 g/mol. The van der Waals surface area contributed by atoms with Crippen molar-refractivity contribution in [2.45, 2.75) is 251 Å². The van der Waals surface area contributed by atoms with Gasteiger partial charge in [0.05, 0.1) is 19.8 Å². The van der Waals surface area contributed by atoms with Crippen LogP contribution in [-0.2, 0) is 42.2 Å². The fraction of sp³-hybridized carbons (Fsp3) is 0.717. The number of hydrogen-bond acceptors (Lipinski definition) is 10. The highest BCUT2D eigenvalue weighted by Crippen LogP contribution is 2.43. The summed E-state index contributed by atoms with van der Waals surface area (Å²) in [4.78, 5) is 48.5. The first kappa shape index (κ1) is 68.7. The van der Waals surface area contributed by atoms with Gasteiger partial charge in [0, 0.05) is 19.3 Å². The zero-order chi connectivity index (χ0) is 52.7. The Morgan fingerprint density at radius 2 is 0.722 bits per heavy atom. The van der Waals surface area contributed by atoms with E-state index in [9.17, 15) is 28.9 Å². The molecule has 0 radical (unpaired) electrons. The monoisotopic (exact) mass is 1030 g/mol. The Kier molecular flexibility index (Phi) is 51.4. The molecule has 0 amide bonds. The quantitative estimate of drug-likeness (QED) is 0.0197. The number of ether oxygens (including phenoxy) is 3. The standard InChI is InChI=1S/C60H103O11P/c1-4-7-10-13-16-19-22-25-27-28-30-33-36-39-42-45-48-51-60(64)71-57(53-67-58(62)49-46-43-40-37-34-31-24-21-18-15-12-9-6-3)55-69-72(65,66)68-54-56(52-61)70-59(63)50-47-44-41-38-35-32-29-26-23-20-17-14-11-8-5-2/h7-8,10-11,16-17,19-20,25-27,29-30,33,56-57,61H,4-6,9,12-15,18,21-24,28,31-32,34-55H2,1-3H3,(H,65,66)/b10-7-,11-8-,19-16-,20-17-,27-25-,29-26-,33-30-. The summed E-state index contributed by atoms with van der Waals surface area (Å²) >= 11 is 0. The van der Waals surface area contributed by atoms with E-state index >= 15 is 0 Å². The molecule has 0 spiro atoms. The maximum absolute atomic E-state index is 12.9. The lowest BCUT2D eigenvalue weighted by molar-refractivity contribution is -0.161. The molecule has 0 fully saturated rings. The summed E-state index contributed by atoms with van der Waals surface area (Å²) in [5.74, 6) is -1.51. The van der Waals surface area contributed by atoms with E-state index in [1.54, 1.807) is 0 Å². The predicted molar refractivity (Wildman–Crippen MR) is 298 cm³/mol. The smallest absolute Gasteiger partial charge is 0.462 e. The van der Waals surface area contributed by atoms with Gasteiger partial charge in [-0.3, -0.25) is 23.4 Å². The molecule has 0 rings (SSSR count). The van der Waals surface area contributed by atoms with Crippen LogP contribution in [0.15, 0.2) is 85.1 Å². The van der Waals surface area contributed by atoms with Gasteiger partial charge < -0.3 is 24.2 Å². The molecule has 0 aliphatic heterocycles. The number of esters is 3. The van der Waals surface area contributed by atoms with Crippen molar-refractivity contribution in [3.63, 3.8) is 0 Å². The molecule has 12 heteroatoms. The minimum absolute atomic E-state index is 0.137. The van der Waals surface area contributed by atoms with Gasteiger partial charge in [-0.05, 0) is 89.9 Å². The van der Waals surface area contributed by atoms with Crippen molar-refractivity contribution in [2.75, 3.05) is 26.4 Å². The van der Waals surface area contributed by atoms with Crippen LogP contribution in [0.5, 0.6) is 0 Å². The average Bonchev–Trinajstić information content (AvgIpc) is 3.37. The third kappa shape index (κ3) is 51.6. The number of allylic oxidation sites excluding steroid dienone is 14. The van der Waals surface area contributed by atoms with Gasteiger partial charge in [0.2, 0.25) is 0 Å². The number of carbonyl (C=O) groups excluding carboxylic acids is 3. The van der Waals surface area contributed by atoms with Gasteiger partial charge in [-0.2, -0.15) is 0 Å². The summed E-state index contributed by atoms with van der Waals surface area (Å²) in [6.07, 6.45) is 61.1. The molecule has 0 aliphatic carbocycles. The molecule has 0 aliphatic rings. The first-order valence-electron chi connectivity index (χ1n) is 28.5. The van der Waals surface area contributed by atoms with Gasteiger partial charge >= 0.3 is 25.7 Å². The predicted octanol–water partition coefficient (Wildman–Crippen LogP) is 16.7. The molecule has 0 saturated heterocycles. The Balaban J connectivity index is 4.77. The largest absolute Gasteiger partial charge is 0.472 e. The second kappa shape index (κ2) is 53.9. The highest BCUT2D eigenvalue weighted by Gasteiger charge is 2.28. The molecule has 11 nitrogen and oxygen atoms in total. The Morgan fingerprint density at radius 1 is 0.403 bits per heavy atom. The van der Waals surface area contributed by atoms with Crippen molar-refractivity contribution >= 4 is 25.7 Å². The summed E-state index contributed by atoms with van der Waals surface area (Å²) in [5, 5.41) is 9.81. The third-order valence-electron chi connectivity index (χ3n) is 11.8. The van der Waals surface area contributed by atoms with Crippen molar-refractivity contribution in [1.29, 1.82) is 0 Å². The van der Waals surface area contributed by atoms with Crippen molar-refractivity contribution < 1.29 is 52.2 Å². The van der Waals surface area contributed by atoms with Crippen LogP contribution in [0.3, 0.4) is 0 Å². The van der Waals surface area contributed by atoms with Crippen molar-refractivity contribution in [3.8, 4) is 0 Å². The Hall–Kier alpha value is -3.34. The summed E-state index contributed by atoms with van der Waals surface area (Å²) in [5.41, 5.74) is 0. The number of aliphatic hydroxyl groups excluding tert-OH is 1. The maximum atomic E-state index is 12.9. The zero-order valence-electron chi connectivity index (χ0n) is 45.6. The summed E-state index contributed by atoms with van der Waals surface area (Å²) in [6.45, 7) is 4.37. The normalized spacial score (nSPS) is 14.0. The number of unbranched alkanes of at least 4 members (excludes halogenated alkanes) is 21. The lowest BCUT2D eigenvalue weighted by Crippen LogP contribution is -2.30. The lowest BCUT2D eigenvalue weighted by atomic mass is 10.0. The summed E-state index contributed by atoms with van der Waals surface area (Å²) in [6, 6.07) is 0. The second-order valence-electron chi connectivity index (χ2n) is 18.7. The summed E-state index contributed by atoms with van der Waals surface area (Å²) in [7, 11) is -4.76. The molecule has 414 valence electrons. The lowest BCUT2D eigenvalue weighted by Gasteiger charge is -2.21. The highest BCUT2D eigenvalue weighted by molar-refractivity contribution is 7.47. The van der Waals surface area contributed by atoms with Crippen molar-refractivity contribution in [1.82, 2.24) is 0 Å². The molecule has 2 N–H and O–H groups in total. The number of phosphoric ester groups is 1.